The summed E-state index contributed by atoms with van der Waals surface area (Å²) < 4.78 is 35.2. The first-order valence-electron chi connectivity index (χ1n) is 7.74. The van der Waals surface area contributed by atoms with Crippen LogP contribution in [0.1, 0.15) is 30.1 Å². The number of aromatic nitrogens is 1. The molecule has 0 spiro atoms. The molecular formula is C17H16Cl2F2N2O3. The monoisotopic (exact) mass is 404 g/mol. The van der Waals surface area contributed by atoms with E-state index in [0.717, 1.165) is 12.8 Å². The van der Waals surface area contributed by atoms with Crippen LogP contribution >= 0.6 is 23.2 Å². The van der Waals surface area contributed by atoms with Gasteiger partial charge in [0.15, 0.2) is 11.5 Å². The third-order valence-electron chi connectivity index (χ3n) is 3.27. The van der Waals surface area contributed by atoms with Gasteiger partial charge in [-0.1, -0.05) is 36.5 Å². The summed E-state index contributed by atoms with van der Waals surface area (Å²) in [4.78, 5) is 16.2. The molecule has 0 atom stereocenters. The third-order valence-corrected chi connectivity index (χ3v) is 3.84. The molecule has 0 fully saturated rings. The normalized spacial score (nSPS) is 10.7. The van der Waals surface area contributed by atoms with Crippen LogP contribution in [0.5, 0.6) is 11.5 Å². The van der Waals surface area contributed by atoms with Gasteiger partial charge in [-0.05, 0) is 24.6 Å². The van der Waals surface area contributed by atoms with Crippen molar-refractivity contribution in [2.75, 3.05) is 11.9 Å². The lowest BCUT2D eigenvalue weighted by molar-refractivity contribution is -0.0515. The van der Waals surface area contributed by atoms with E-state index in [-0.39, 0.29) is 32.8 Å². The molecule has 0 aliphatic heterocycles. The zero-order chi connectivity index (χ0) is 19.1. The molecule has 0 bridgehead atoms. The van der Waals surface area contributed by atoms with Gasteiger partial charge in [0.1, 0.15) is 0 Å². The quantitative estimate of drug-likeness (QED) is 0.596. The molecule has 2 rings (SSSR count). The van der Waals surface area contributed by atoms with Crippen LogP contribution in [0, 0.1) is 0 Å². The second-order valence-corrected chi connectivity index (χ2v) is 5.99. The molecule has 1 aromatic carbocycles. The summed E-state index contributed by atoms with van der Waals surface area (Å²) in [6, 6.07) is 4.00. The van der Waals surface area contributed by atoms with Gasteiger partial charge in [-0.25, -0.2) is 0 Å². The Bertz CT molecular complexity index is 755. The summed E-state index contributed by atoms with van der Waals surface area (Å²) in [5, 5.41) is 2.82. The fourth-order valence-electron chi connectivity index (χ4n) is 2.00. The molecule has 1 N–H and O–H groups in total. The summed E-state index contributed by atoms with van der Waals surface area (Å²) in [5.41, 5.74) is 0.250. The lowest BCUT2D eigenvalue weighted by atomic mass is 10.2. The van der Waals surface area contributed by atoms with Crippen LogP contribution in [0.4, 0.5) is 14.5 Å². The molecule has 0 radical (unpaired) electrons. The number of amides is 1. The number of pyridine rings is 1. The zero-order valence-electron chi connectivity index (χ0n) is 13.8. The van der Waals surface area contributed by atoms with Crippen molar-refractivity contribution in [1.29, 1.82) is 0 Å². The topological polar surface area (TPSA) is 60.5 Å². The van der Waals surface area contributed by atoms with E-state index in [2.05, 4.69) is 15.0 Å². The van der Waals surface area contributed by atoms with Crippen LogP contribution in [-0.4, -0.2) is 24.1 Å². The highest BCUT2D eigenvalue weighted by molar-refractivity contribution is 6.39. The summed E-state index contributed by atoms with van der Waals surface area (Å²) >= 11 is 11.9. The Morgan fingerprint density at radius 2 is 1.92 bits per heavy atom. The maximum Gasteiger partial charge on any atom is 0.387 e. The second kappa shape index (κ2) is 9.54. The zero-order valence-corrected chi connectivity index (χ0v) is 15.3. The maximum atomic E-state index is 12.7. The van der Waals surface area contributed by atoms with Crippen molar-refractivity contribution in [2.45, 2.75) is 26.4 Å². The Kier molecular flexibility index (Phi) is 7.41. The van der Waals surface area contributed by atoms with Crippen molar-refractivity contribution < 1.29 is 23.0 Å². The van der Waals surface area contributed by atoms with Gasteiger partial charge in [0, 0.05) is 18.0 Å². The highest BCUT2D eigenvalue weighted by Gasteiger charge is 2.17. The molecule has 0 saturated heterocycles. The average Bonchev–Trinajstić information content (AvgIpc) is 2.59. The van der Waals surface area contributed by atoms with Crippen LogP contribution in [0.2, 0.25) is 10.0 Å². The van der Waals surface area contributed by atoms with Crippen molar-refractivity contribution in [2.24, 2.45) is 0 Å². The predicted octanol–water partition coefficient (Wildman–Crippen LogP) is 5.42. The lowest BCUT2D eigenvalue weighted by Crippen LogP contribution is -2.14. The number of benzene rings is 1. The molecule has 2 aromatic rings. The predicted molar refractivity (Wildman–Crippen MR) is 95.7 cm³/mol. The molecule has 26 heavy (non-hydrogen) atoms. The lowest BCUT2D eigenvalue weighted by Gasteiger charge is -2.14. The highest BCUT2D eigenvalue weighted by Crippen LogP contribution is 2.32. The van der Waals surface area contributed by atoms with Crippen molar-refractivity contribution >= 4 is 34.8 Å². The average molecular weight is 405 g/mol. The summed E-state index contributed by atoms with van der Waals surface area (Å²) in [5.74, 6) is -0.690. The van der Waals surface area contributed by atoms with Crippen LogP contribution in [0.25, 0.3) is 0 Å². The Labute approximate surface area is 159 Å². The van der Waals surface area contributed by atoms with E-state index in [4.69, 9.17) is 27.9 Å². The minimum Gasteiger partial charge on any atom is -0.490 e. The molecule has 1 amide bonds. The van der Waals surface area contributed by atoms with Gasteiger partial charge in [-0.2, -0.15) is 8.78 Å². The number of alkyl halides is 2. The molecule has 9 heteroatoms. The first kappa shape index (κ1) is 20.2. The van der Waals surface area contributed by atoms with E-state index in [1.807, 2.05) is 6.92 Å². The second-order valence-electron chi connectivity index (χ2n) is 5.17. The van der Waals surface area contributed by atoms with Gasteiger partial charge < -0.3 is 14.8 Å². The van der Waals surface area contributed by atoms with E-state index in [0.29, 0.717) is 6.61 Å². The van der Waals surface area contributed by atoms with E-state index < -0.39 is 12.5 Å². The first-order valence-corrected chi connectivity index (χ1v) is 8.50. The van der Waals surface area contributed by atoms with Crippen molar-refractivity contribution in [3.05, 3.63) is 46.2 Å². The fourth-order valence-corrected chi connectivity index (χ4v) is 2.46. The van der Waals surface area contributed by atoms with Gasteiger partial charge in [0.05, 0.1) is 22.3 Å². The summed E-state index contributed by atoms with van der Waals surface area (Å²) in [7, 11) is 0. The molecule has 0 saturated carbocycles. The summed E-state index contributed by atoms with van der Waals surface area (Å²) in [6.07, 6.45) is 4.28. The highest BCUT2D eigenvalue weighted by atomic mass is 35.5. The number of nitrogens with zero attached hydrogens (tertiary/aromatic N) is 1. The van der Waals surface area contributed by atoms with Crippen LogP contribution in [-0.2, 0) is 0 Å². The number of ether oxygens (including phenoxy) is 2. The third kappa shape index (κ3) is 5.44. The van der Waals surface area contributed by atoms with Crippen molar-refractivity contribution in [3.63, 3.8) is 0 Å². The number of halogens is 4. The van der Waals surface area contributed by atoms with Crippen LogP contribution in [0.3, 0.4) is 0 Å². The van der Waals surface area contributed by atoms with Crippen molar-refractivity contribution in [1.82, 2.24) is 4.98 Å². The smallest absolute Gasteiger partial charge is 0.387 e. The number of hydrogen-bond acceptors (Lipinski definition) is 4. The molecule has 5 nitrogen and oxygen atoms in total. The van der Waals surface area contributed by atoms with Gasteiger partial charge in [0.25, 0.3) is 5.91 Å². The molecule has 0 aliphatic carbocycles. The molecule has 0 aliphatic rings. The molecule has 1 heterocycles. The first-order chi connectivity index (χ1) is 12.4. The maximum absolute atomic E-state index is 12.7. The number of nitrogens with one attached hydrogen (secondary N) is 1. The van der Waals surface area contributed by atoms with Gasteiger partial charge in [0.2, 0.25) is 0 Å². The molecule has 0 unspecified atom stereocenters. The van der Waals surface area contributed by atoms with Crippen LogP contribution < -0.4 is 14.8 Å². The van der Waals surface area contributed by atoms with E-state index in [1.165, 1.54) is 30.6 Å². The Hall–Kier alpha value is -2.12. The minimum absolute atomic E-state index is 0.0763. The fraction of sp³-hybridized carbons (Fsp3) is 0.294. The molecular weight excluding hydrogens is 389 g/mol. The number of hydrogen-bond donors (Lipinski definition) is 1. The number of carbonyl (C=O) groups excluding carboxylic acids is 1. The Balaban J connectivity index is 2.23. The Morgan fingerprint density at radius 3 is 2.54 bits per heavy atom. The standard InChI is InChI=1S/C17H16Cl2F2N2O3/c1-2-3-6-25-13-5-4-10(7-14(13)26-17(20)21)16(24)23-15-11(18)8-22-9-12(15)19/h4-5,7-9,17H,2-3,6H2,1H3,(H,22,23,24). The molecule has 1 aromatic heterocycles. The number of rotatable bonds is 8. The molecule has 140 valence electrons. The van der Waals surface area contributed by atoms with Gasteiger partial charge >= 0.3 is 6.61 Å². The van der Waals surface area contributed by atoms with E-state index in [9.17, 15) is 13.6 Å². The number of unbranched alkanes of at least 4 members (excludes halogenated alkanes) is 1. The Morgan fingerprint density at radius 1 is 1.23 bits per heavy atom. The van der Waals surface area contributed by atoms with E-state index >= 15 is 0 Å². The largest absolute Gasteiger partial charge is 0.490 e. The summed E-state index contributed by atoms with van der Waals surface area (Å²) in [6.45, 7) is -0.724. The van der Waals surface area contributed by atoms with Gasteiger partial charge in [-0.3, -0.25) is 9.78 Å². The van der Waals surface area contributed by atoms with Crippen LogP contribution in [0.15, 0.2) is 30.6 Å². The minimum atomic E-state index is -3.05. The number of carbonyl (C=O) groups is 1. The van der Waals surface area contributed by atoms with Gasteiger partial charge in [-0.15, -0.1) is 0 Å². The SMILES string of the molecule is CCCCOc1ccc(C(=O)Nc2c(Cl)cncc2Cl)cc1OC(F)F. The van der Waals surface area contributed by atoms with E-state index in [1.54, 1.807) is 0 Å². The number of anilines is 1. The van der Waals surface area contributed by atoms with Crippen molar-refractivity contribution in [3.8, 4) is 11.5 Å².